The molecule has 5 nitrogen and oxygen atoms in total. The molecule has 1 aliphatic rings. The van der Waals surface area contributed by atoms with Crippen LogP contribution in [-0.4, -0.2) is 19.2 Å². The van der Waals surface area contributed by atoms with Gasteiger partial charge in [0, 0.05) is 5.92 Å². The number of hydrogen-bond acceptors (Lipinski definition) is 4. The van der Waals surface area contributed by atoms with Crippen molar-refractivity contribution in [3.8, 4) is 11.5 Å². The molecular weight excluding hydrogens is 256 g/mol. The highest BCUT2D eigenvalue weighted by Crippen LogP contribution is 2.34. The van der Waals surface area contributed by atoms with Crippen molar-refractivity contribution in [2.75, 3.05) is 13.3 Å². The number of nitrogens with one attached hydrogen (secondary N) is 1. The fourth-order valence-corrected chi connectivity index (χ4v) is 2.18. The molecule has 0 saturated carbocycles. The first kappa shape index (κ1) is 14.7. The summed E-state index contributed by atoms with van der Waals surface area (Å²) in [6.07, 6.45) is 1.68. The van der Waals surface area contributed by atoms with Gasteiger partial charge in [-0.3, -0.25) is 4.79 Å². The zero-order chi connectivity index (χ0) is 14.5. The lowest BCUT2D eigenvalue weighted by atomic mass is 10.0. The lowest BCUT2D eigenvalue weighted by Crippen LogP contribution is -2.31. The van der Waals surface area contributed by atoms with Crippen LogP contribution in [0.4, 0.5) is 0 Å². The van der Waals surface area contributed by atoms with Crippen LogP contribution in [0.1, 0.15) is 38.3 Å². The zero-order valence-corrected chi connectivity index (χ0v) is 12.0. The Morgan fingerprint density at radius 1 is 1.35 bits per heavy atom. The van der Waals surface area contributed by atoms with Crippen LogP contribution in [0.2, 0.25) is 0 Å². The zero-order valence-electron chi connectivity index (χ0n) is 12.0. The molecule has 2 rings (SSSR count). The third-order valence-corrected chi connectivity index (χ3v) is 3.54. The van der Waals surface area contributed by atoms with E-state index >= 15 is 0 Å². The Kier molecular flexibility index (Phi) is 4.84. The number of ether oxygens (including phenoxy) is 2. The lowest BCUT2D eigenvalue weighted by Gasteiger charge is -2.18. The van der Waals surface area contributed by atoms with Crippen molar-refractivity contribution in [2.24, 2.45) is 11.7 Å². The second-order valence-corrected chi connectivity index (χ2v) is 5.17. The van der Waals surface area contributed by atoms with E-state index in [4.69, 9.17) is 15.2 Å². The highest BCUT2D eigenvalue weighted by atomic mass is 16.7. The molecule has 1 aromatic rings. The van der Waals surface area contributed by atoms with Crippen molar-refractivity contribution >= 4 is 5.91 Å². The van der Waals surface area contributed by atoms with Gasteiger partial charge >= 0.3 is 0 Å². The highest BCUT2D eigenvalue weighted by Gasteiger charge is 2.18. The van der Waals surface area contributed by atoms with Gasteiger partial charge in [0.1, 0.15) is 0 Å². The normalized spacial score (nSPS) is 15.8. The maximum atomic E-state index is 12.1. The third kappa shape index (κ3) is 3.42. The summed E-state index contributed by atoms with van der Waals surface area (Å²) >= 11 is 0. The van der Waals surface area contributed by atoms with E-state index in [1.165, 1.54) is 0 Å². The van der Waals surface area contributed by atoms with E-state index in [9.17, 15) is 4.79 Å². The molecule has 0 radical (unpaired) electrons. The Balaban J connectivity index is 1.94. The number of carbonyl (C=O) groups excluding carboxylic acids is 1. The molecule has 0 bridgehead atoms. The Morgan fingerprint density at radius 3 is 2.85 bits per heavy atom. The number of carbonyl (C=O) groups is 1. The Hall–Kier alpha value is -1.75. The molecule has 3 N–H and O–H groups in total. The Morgan fingerprint density at radius 2 is 2.10 bits per heavy atom. The van der Waals surface area contributed by atoms with Crippen LogP contribution in [0, 0.1) is 5.92 Å². The predicted octanol–water partition coefficient (Wildman–Crippen LogP) is 1.97. The minimum atomic E-state index is -0.0580. The minimum Gasteiger partial charge on any atom is -0.454 e. The van der Waals surface area contributed by atoms with E-state index in [-0.39, 0.29) is 24.7 Å². The van der Waals surface area contributed by atoms with Crippen molar-refractivity contribution in [1.82, 2.24) is 5.32 Å². The molecule has 1 aliphatic heterocycles. The van der Waals surface area contributed by atoms with E-state index in [1.807, 2.05) is 32.0 Å². The summed E-state index contributed by atoms with van der Waals surface area (Å²) in [5.41, 5.74) is 6.47. The SMILES string of the molecule is CC(CCCN)C(=O)NC(C)c1ccc2c(c1)OCO2. The molecule has 1 heterocycles. The molecule has 5 heteroatoms. The second kappa shape index (κ2) is 6.61. The van der Waals surface area contributed by atoms with Gasteiger partial charge in [0.2, 0.25) is 12.7 Å². The van der Waals surface area contributed by atoms with Gasteiger partial charge in [-0.15, -0.1) is 0 Å². The summed E-state index contributed by atoms with van der Waals surface area (Å²) in [5.74, 6) is 1.53. The van der Waals surface area contributed by atoms with Gasteiger partial charge in [-0.05, 0) is 44.0 Å². The molecule has 2 atom stereocenters. The van der Waals surface area contributed by atoms with E-state index < -0.39 is 0 Å². The minimum absolute atomic E-state index is 0.0185. The van der Waals surface area contributed by atoms with Gasteiger partial charge in [-0.2, -0.15) is 0 Å². The molecule has 1 aromatic carbocycles. The number of amides is 1. The molecule has 110 valence electrons. The number of fused-ring (bicyclic) bond motifs is 1. The molecule has 0 spiro atoms. The van der Waals surface area contributed by atoms with Crippen LogP contribution in [-0.2, 0) is 4.79 Å². The fraction of sp³-hybridized carbons (Fsp3) is 0.533. The van der Waals surface area contributed by atoms with Gasteiger partial charge in [-0.1, -0.05) is 13.0 Å². The summed E-state index contributed by atoms with van der Waals surface area (Å²) in [6, 6.07) is 5.68. The van der Waals surface area contributed by atoms with Crippen LogP contribution in [0.3, 0.4) is 0 Å². The summed E-state index contributed by atoms with van der Waals surface area (Å²) in [4.78, 5) is 12.1. The first-order chi connectivity index (χ1) is 9.61. The first-order valence-electron chi connectivity index (χ1n) is 7.01. The van der Waals surface area contributed by atoms with Gasteiger partial charge in [0.05, 0.1) is 6.04 Å². The number of nitrogens with two attached hydrogens (primary N) is 1. The molecule has 1 amide bonds. The largest absolute Gasteiger partial charge is 0.454 e. The molecule has 0 aromatic heterocycles. The fourth-order valence-electron chi connectivity index (χ4n) is 2.18. The van der Waals surface area contributed by atoms with E-state index in [0.717, 1.165) is 29.9 Å². The Bertz CT molecular complexity index is 476. The maximum Gasteiger partial charge on any atom is 0.231 e. The smallest absolute Gasteiger partial charge is 0.231 e. The molecule has 0 fully saturated rings. The van der Waals surface area contributed by atoms with Gasteiger partial charge in [0.25, 0.3) is 0 Å². The van der Waals surface area contributed by atoms with Gasteiger partial charge in [0.15, 0.2) is 11.5 Å². The van der Waals surface area contributed by atoms with E-state index in [0.29, 0.717) is 6.54 Å². The van der Waals surface area contributed by atoms with Crippen LogP contribution < -0.4 is 20.5 Å². The van der Waals surface area contributed by atoms with Crippen LogP contribution in [0.15, 0.2) is 18.2 Å². The number of hydrogen-bond donors (Lipinski definition) is 2. The number of benzene rings is 1. The quantitative estimate of drug-likeness (QED) is 0.834. The van der Waals surface area contributed by atoms with Crippen molar-refractivity contribution in [3.63, 3.8) is 0 Å². The van der Waals surface area contributed by atoms with Crippen LogP contribution in [0.5, 0.6) is 11.5 Å². The topological polar surface area (TPSA) is 73.6 Å². The molecule has 20 heavy (non-hydrogen) atoms. The second-order valence-electron chi connectivity index (χ2n) is 5.17. The highest BCUT2D eigenvalue weighted by molar-refractivity contribution is 5.78. The maximum absolute atomic E-state index is 12.1. The van der Waals surface area contributed by atoms with Crippen molar-refractivity contribution in [3.05, 3.63) is 23.8 Å². The monoisotopic (exact) mass is 278 g/mol. The van der Waals surface area contributed by atoms with Crippen molar-refractivity contribution in [1.29, 1.82) is 0 Å². The summed E-state index contributed by atoms with van der Waals surface area (Å²) in [5, 5.41) is 3.02. The predicted molar refractivity (Wildman–Crippen MR) is 76.6 cm³/mol. The molecule has 0 aliphatic carbocycles. The molecular formula is C15H22N2O3. The lowest BCUT2D eigenvalue weighted by molar-refractivity contribution is -0.125. The molecule has 0 saturated heterocycles. The Labute approximate surface area is 119 Å². The standard InChI is InChI=1S/C15H22N2O3/c1-10(4-3-7-16)15(18)17-11(2)12-5-6-13-14(8-12)20-9-19-13/h5-6,8,10-11H,3-4,7,9,16H2,1-2H3,(H,17,18). The van der Waals surface area contributed by atoms with E-state index in [2.05, 4.69) is 5.32 Å². The first-order valence-corrected chi connectivity index (χ1v) is 7.01. The number of rotatable bonds is 6. The summed E-state index contributed by atoms with van der Waals surface area (Å²) in [7, 11) is 0. The average Bonchev–Trinajstić information content (AvgIpc) is 2.91. The summed E-state index contributed by atoms with van der Waals surface area (Å²) in [6.45, 7) is 4.77. The van der Waals surface area contributed by atoms with Gasteiger partial charge in [-0.25, -0.2) is 0 Å². The van der Waals surface area contributed by atoms with E-state index in [1.54, 1.807) is 0 Å². The van der Waals surface area contributed by atoms with Crippen LogP contribution >= 0.6 is 0 Å². The molecule has 2 unspecified atom stereocenters. The average molecular weight is 278 g/mol. The van der Waals surface area contributed by atoms with Gasteiger partial charge < -0.3 is 20.5 Å². The third-order valence-electron chi connectivity index (χ3n) is 3.54. The summed E-state index contributed by atoms with van der Waals surface area (Å²) < 4.78 is 10.6. The van der Waals surface area contributed by atoms with Crippen molar-refractivity contribution in [2.45, 2.75) is 32.7 Å². The van der Waals surface area contributed by atoms with Crippen LogP contribution in [0.25, 0.3) is 0 Å². The van der Waals surface area contributed by atoms with Crippen molar-refractivity contribution < 1.29 is 14.3 Å².